The van der Waals surface area contributed by atoms with Crippen molar-refractivity contribution in [3.05, 3.63) is 45.5 Å². The molecular weight excluding hydrogens is 326 g/mol. The average molecular weight is 357 g/mol. The molecule has 1 aromatic rings. The van der Waals surface area contributed by atoms with Crippen molar-refractivity contribution in [1.82, 2.24) is 4.90 Å². The van der Waals surface area contributed by atoms with Gasteiger partial charge in [-0.25, -0.2) is 0 Å². The molecule has 0 spiro atoms. The smallest absolute Gasteiger partial charge is 0.269 e. The van der Waals surface area contributed by atoms with Gasteiger partial charge in [-0.3, -0.25) is 15.0 Å². The Balaban J connectivity index is 1.52. The zero-order valence-electron chi connectivity index (χ0n) is 16.3. The maximum atomic E-state index is 10.8. The van der Waals surface area contributed by atoms with E-state index in [1.807, 2.05) is 12.1 Å². The van der Waals surface area contributed by atoms with Gasteiger partial charge in [0.2, 0.25) is 0 Å². The molecule has 0 bridgehead atoms. The number of hydrogen-bond donors (Lipinski definition) is 0. The second kappa shape index (κ2) is 7.78. The van der Waals surface area contributed by atoms with E-state index in [0.29, 0.717) is 5.41 Å². The summed E-state index contributed by atoms with van der Waals surface area (Å²) in [5.74, 6) is 0. The molecule has 0 aromatic heterocycles. The molecular formula is C21H31N3O2. The Morgan fingerprint density at radius 3 is 2.35 bits per heavy atom. The van der Waals surface area contributed by atoms with Crippen molar-refractivity contribution >= 4 is 11.4 Å². The number of hydrogen-bond acceptors (Lipinski definition) is 4. The fourth-order valence-electron chi connectivity index (χ4n) is 4.51. The number of rotatable bonds is 5. The summed E-state index contributed by atoms with van der Waals surface area (Å²) in [4.78, 5) is 15.3. The second-order valence-electron chi connectivity index (χ2n) is 8.35. The number of benzene rings is 1. The summed E-state index contributed by atoms with van der Waals surface area (Å²) < 4.78 is 0. The van der Waals surface area contributed by atoms with Crippen LogP contribution in [0, 0.1) is 15.5 Å². The maximum Gasteiger partial charge on any atom is 0.269 e. The minimum Gasteiger partial charge on any atom is -0.369 e. The van der Waals surface area contributed by atoms with Crippen LogP contribution >= 0.6 is 0 Å². The van der Waals surface area contributed by atoms with Crippen LogP contribution in [0.1, 0.15) is 46.5 Å². The van der Waals surface area contributed by atoms with E-state index in [2.05, 4.69) is 30.6 Å². The number of nitro groups is 1. The van der Waals surface area contributed by atoms with Crippen molar-refractivity contribution in [3.8, 4) is 0 Å². The monoisotopic (exact) mass is 357 g/mol. The zero-order chi connectivity index (χ0) is 18.7. The highest BCUT2D eigenvalue weighted by Gasteiger charge is 2.28. The second-order valence-corrected chi connectivity index (χ2v) is 8.35. The number of piperazine rings is 1. The summed E-state index contributed by atoms with van der Waals surface area (Å²) in [7, 11) is 0. The van der Waals surface area contributed by atoms with E-state index in [1.54, 1.807) is 23.3 Å². The quantitative estimate of drug-likeness (QED) is 0.438. The van der Waals surface area contributed by atoms with Crippen molar-refractivity contribution in [1.29, 1.82) is 0 Å². The first-order valence-electron chi connectivity index (χ1n) is 9.78. The first-order chi connectivity index (χ1) is 12.4. The molecule has 0 radical (unpaired) electrons. The van der Waals surface area contributed by atoms with Crippen molar-refractivity contribution < 1.29 is 4.92 Å². The molecule has 1 aromatic carbocycles. The molecule has 5 heteroatoms. The van der Waals surface area contributed by atoms with Crippen LogP contribution in [0.25, 0.3) is 0 Å². The molecule has 1 fully saturated rings. The maximum absolute atomic E-state index is 10.8. The van der Waals surface area contributed by atoms with Gasteiger partial charge in [-0.1, -0.05) is 25.0 Å². The lowest BCUT2D eigenvalue weighted by atomic mass is 9.71. The van der Waals surface area contributed by atoms with Gasteiger partial charge >= 0.3 is 0 Å². The van der Waals surface area contributed by atoms with Crippen LogP contribution < -0.4 is 4.90 Å². The fraction of sp³-hybridized carbons (Fsp3) is 0.619. The van der Waals surface area contributed by atoms with Gasteiger partial charge in [-0.2, -0.15) is 0 Å². The van der Waals surface area contributed by atoms with Crippen LogP contribution in [0.4, 0.5) is 11.4 Å². The molecule has 142 valence electrons. The summed E-state index contributed by atoms with van der Waals surface area (Å²) in [6, 6.07) is 6.93. The zero-order valence-corrected chi connectivity index (χ0v) is 16.3. The van der Waals surface area contributed by atoms with Crippen molar-refractivity contribution in [2.45, 2.75) is 46.5 Å². The van der Waals surface area contributed by atoms with E-state index in [0.717, 1.165) is 38.4 Å². The highest BCUT2D eigenvalue weighted by atomic mass is 16.6. The molecule has 1 aliphatic carbocycles. The van der Waals surface area contributed by atoms with Crippen LogP contribution in [0.2, 0.25) is 0 Å². The Hall–Kier alpha value is -1.88. The van der Waals surface area contributed by atoms with Crippen LogP contribution in [-0.4, -0.2) is 42.5 Å². The van der Waals surface area contributed by atoms with Crippen molar-refractivity contribution in [2.75, 3.05) is 37.6 Å². The van der Waals surface area contributed by atoms with E-state index in [-0.39, 0.29) is 10.6 Å². The molecule has 0 atom stereocenters. The Morgan fingerprint density at radius 2 is 1.77 bits per heavy atom. The predicted octanol–water partition coefficient (Wildman–Crippen LogP) is 4.63. The number of non-ortho nitro benzene ring substituents is 1. The highest BCUT2D eigenvalue weighted by molar-refractivity contribution is 5.51. The standard InChI is InChI=1S/C21H31N3O2/c1-17-5-4-11-21(2,3)20(17)10-12-22-13-15-23(16-14-22)18-6-8-19(9-7-18)24(25)26/h6-9H,4-5,10-16H2,1-3H3. The first-order valence-corrected chi connectivity index (χ1v) is 9.78. The Kier molecular flexibility index (Phi) is 5.66. The first kappa shape index (κ1) is 18.9. The van der Waals surface area contributed by atoms with E-state index in [1.165, 1.54) is 25.7 Å². The summed E-state index contributed by atoms with van der Waals surface area (Å²) in [6.45, 7) is 12.4. The van der Waals surface area contributed by atoms with Crippen molar-refractivity contribution in [3.63, 3.8) is 0 Å². The minimum atomic E-state index is -0.342. The highest BCUT2D eigenvalue weighted by Crippen LogP contribution is 2.41. The van der Waals surface area contributed by atoms with E-state index in [4.69, 9.17) is 0 Å². The molecule has 3 rings (SSSR count). The molecule has 0 N–H and O–H groups in total. The van der Waals surface area contributed by atoms with Gasteiger partial charge in [-0.05, 0) is 50.2 Å². The van der Waals surface area contributed by atoms with Gasteiger partial charge in [0, 0.05) is 50.5 Å². The summed E-state index contributed by atoms with van der Waals surface area (Å²) >= 11 is 0. The average Bonchev–Trinajstić information content (AvgIpc) is 2.61. The molecule has 5 nitrogen and oxygen atoms in total. The predicted molar refractivity (Wildman–Crippen MR) is 107 cm³/mol. The number of nitrogens with zero attached hydrogens (tertiary/aromatic N) is 3. The largest absolute Gasteiger partial charge is 0.369 e. The topological polar surface area (TPSA) is 49.6 Å². The lowest BCUT2D eigenvalue weighted by Gasteiger charge is -2.39. The molecule has 26 heavy (non-hydrogen) atoms. The molecule has 1 aliphatic heterocycles. The van der Waals surface area contributed by atoms with Gasteiger partial charge in [0.05, 0.1) is 4.92 Å². The van der Waals surface area contributed by atoms with E-state index >= 15 is 0 Å². The van der Waals surface area contributed by atoms with Gasteiger partial charge in [-0.15, -0.1) is 0 Å². The van der Waals surface area contributed by atoms with Gasteiger partial charge in [0.25, 0.3) is 5.69 Å². The van der Waals surface area contributed by atoms with Gasteiger partial charge in [0.15, 0.2) is 0 Å². The Bertz CT molecular complexity index is 671. The lowest BCUT2D eigenvalue weighted by Crippen LogP contribution is -2.46. The molecule has 1 saturated heterocycles. The molecule has 0 amide bonds. The van der Waals surface area contributed by atoms with Crippen LogP contribution in [-0.2, 0) is 0 Å². The Morgan fingerprint density at radius 1 is 1.12 bits per heavy atom. The molecule has 0 saturated carbocycles. The lowest BCUT2D eigenvalue weighted by molar-refractivity contribution is -0.384. The number of nitro benzene ring substituents is 1. The molecule has 2 aliphatic rings. The van der Waals surface area contributed by atoms with Crippen LogP contribution in [0.15, 0.2) is 35.4 Å². The third-order valence-corrected chi connectivity index (χ3v) is 6.16. The van der Waals surface area contributed by atoms with Gasteiger partial charge in [0.1, 0.15) is 0 Å². The summed E-state index contributed by atoms with van der Waals surface area (Å²) in [5.41, 5.74) is 4.91. The van der Waals surface area contributed by atoms with Crippen LogP contribution in [0.5, 0.6) is 0 Å². The number of anilines is 1. The van der Waals surface area contributed by atoms with Crippen LogP contribution in [0.3, 0.4) is 0 Å². The third kappa shape index (κ3) is 4.26. The SMILES string of the molecule is CC1=C(CCN2CCN(c3ccc([N+](=O)[O-])cc3)CC2)C(C)(C)CCC1. The van der Waals surface area contributed by atoms with E-state index < -0.39 is 0 Å². The third-order valence-electron chi connectivity index (χ3n) is 6.16. The van der Waals surface area contributed by atoms with Gasteiger partial charge < -0.3 is 4.90 Å². The fourth-order valence-corrected chi connectivity index (χ4v) is 4.51. The van der Waals surface area contributed by atoms with E-state index in [9.17, 15) is 10.1 Å². The normalized spacial score (nSPS) is 21.1. The Labute approximate surface area is 156 Å². The molecule has 0 unspecified atom stereocenters. The van der Waals surface area contributed by atoms with Crippen molar-refractivity contribution in [2.24, 2.45) is 5.41 Å². The minimum absolute atomic E-state index is 0.158. The number of allylic oxidation sites excluding steroid dienone is 1. The summed E-state index contributed by atoms with van der Waals surface area (Å²) in [5, 5.41) is 10.8. The molecule has 1 heterocycles. The summed E-state index contributed by atoms with van der Waals surface area (Å²) in [6.07, 6.45) is 5.10.